The van der Waals surface area contributed by atoms with Gasteiger partial charge in [-0.25, -0.2) is 4.39 Å². The van der Waals surface area contributed by atoms with Gasteiger partial charge in [-0.15, -0.1) is 0 Å². The lowest BCUT2D eigenvalue weighted by Gasteiger charge is -2.20. The highest BCUT2D eigenvalue weighted by molar-refractivity contribution is 9.10. The number of nitrogens with one attached hydrogen (secondary N) is 1. The first-order valence-electron chi connectivity index (χ1n) is 9.20. The molecule has 0 fully saturated rings. The lowest BCUT2D eigenvalue weighted by molar-refractivity contribution is 0.280. The third kappa shape index (κ3) is 5.50. The number of hydrogen-bond acceptors (Lipinski definition) is 3. The molecule has 29 heavy (non-hydrogen) atoms. The van der Waals surface area contributed by atoms with Crippen LogP contribution >= 0.6 is 27.5 Å². The van der Waals surface area contributed by atoms with Gasteiger partial charge in [-0.05, 0) is 36.8 Å². The largest absolute Gasteiger partial charge is 0.493 e. The fourth-order valence-corrected chi connectivity index (χ4v) is 3.64. The Balaban J connectivity index is 1.81. The van der Waals surface area contributed by atoms with Gasteiger partial charge in [-0.1, -0.05) is 63.9 Å². The minimum absolute atomic E-state index is 0.161. The maximum atomic E-state index is 13.3. The maximum absolute atomic E-state index is 13.3. The second-order valence-electron chi connectivity index (χ2n) is 6.60. The van der Waals surface area contributed by atoms with Gasteiger partial charge in [-0.2, -0.15) is 0 Å². The van der Waals surface area contributed by atoms with Crippen LogP contribution in [0.5, 0.6) is 11.5 Å². The molecule has 3 aromatic rings. The van der Waals surface area contributed by atoms with Crippen molar-refractivity contribution in [3.8, 4) is 11.5 Å². The van der Waals surface area contributed by atoms with Crippen LogP contribution in [0.3, 0.4) is 0 Å². The molecule has 0 spiro atoms. The number of hydrogen-bond donors (Lipinski definition) is 1. The van der Waals surface area contributed by atoms with Crippen LogP contribution < -0.4 is 14.8 Å². The van der Waals surface area contributed by atoms with E-state index in [0.717, 1.165) is 10.0 Å². The predicted octanol–water partition coefficient (Wildman–Crippen LogP) is 6.68. The molecule has 3 nitrogen and oxygen atoms in total. The second kappa shape index (κ2) is 10.1. The van der Waals surface area contributed by atoms with E-state index in [1.54, 1.807) is 13.2 Å². The molecule has 0 heterocycles. The van der Waals surface area contributed by atoms with Crippen molar-refractivity contribution >= 4 is 27.5 Å². The molecule has 1 N–H and O–H groups in total. The maximum Gasteiger partial charge on any atom is 0.167 e. The molecule has 0 radical (unpaired) electrons. The number of rotatable bonds is 8. The van der Waals surface area contributed by atoms with E-state index in [1.165, 1.54) is 17.7 Å². The summed E-state index contributed by atoms with van der Waals surface area (Å²) in [7, 11) is 1.60. The zero-order valence-electron chi connectivity index (χ0n) is 16.2. The third-order valence-corrected chi connectivity index (χ3v) is 5.75. The summed E-state index contributed by atoms with van der Waals surface area (Å²) in [6.07, 6.45) is 0. The van der Waals surface area contributed by atoms with Gasteiger partial charge in [0.1, 0.15) is 12.4 Å². The van der Waals surface area contributed by atoms with E-state index in [1.807, 2.05) is 30.3 Å². The van der Waals surface area contributed by atoms with Gasteiger partial charge in [0.25, 0.3) is 0 Å². The Hall–Kier alpha value is -2.08. The van der Waals surface area contributed by atoms with E-state index in [2.05, 4.69) is 40.3 Å². The highest BCUT2D eigenvalue weighted by Gasteiger charge is 2.17. The van der Waals surface area contributed by atoms with Crippen LogP contribution in [0.25, 0.3) is 0 Å². The molecule has 1 unspecified atom stereocenters. The molecule has 0 aliphatic heterocycles. The summed E-state index contributed by atoms with van der Waals surface area (Å²) in [5.41, 5.74) is 2.84. The minimum Gasteiger partial charge on any atom is -0.493 e. The zero-order chi connectivity index (χ0) is 20.8. The fraction of sp³-hybridized carbons (Fsp3) is 0.217. The number of methoxy groups -OCH3 is 1. The van der Waals surface area contributed by atoms with Gasteiger partial charge >= 0.3 is 0 Å². The van der Waals surface area contributed by atoms with E-state index < -0.39 is 0 Å². The Kier molecular flexibility index (Phi) is 7.53. The Labute approximate surface area is 183 Å². The molecule has 1 atom stereocenters. The zero-order valence-corrected chi connectivity index (χ0v) is 18.6. The van der Waals surface area contributed by atoms with E-state index in [9.17, 15) is 4.39 Å². The standard InChI is InChI=1S/C23H22BrClFNO2/c1-15(16-6-4-3-5-7-16)27-13-19-20(24)10-11-22(28-2)23(19)29-14-17-8-9-18(26)12-21(17)25/h3-12,15,27H,13-14H2,1-2H3. The monoisotopic (exact) mass is 477 g/mol. The van der Waals surface area contributed by atoms with Crippen molar-refractivity contribution in [3.63, 3.8) is 0 Å². The smallest absolute Gasteiger partial charge is 0.167 e. The van der Waals surface area contributed by atoms with Crippen molar-refractivity contribution in [2.75, 3.05) is 7.11 Å². The SMILES string of the molecule is COc1ccc(Br)c(CNC(C)c2ccccc2)c1OCc1ccc(F)cc1Cl. The quantitative estimate of drug-likeness (QED) is 0.392. The second-order valence-corrected chi connectivity index (χ2v) is 7.86. The molecule has 0 bridgehead atoms. The molecule has 0 aliphatic rings. The Morgan fingerprint density at radius 3 is 2.55 bits per heavy atom. The summed E-state index contributed by atoms with van der Waals surface area (Å²) >= 11 is 9.75. The summed E-state index contributed by atoms with van der Waals surface area (Å²) in [6.45, 7) is 2.88. The van der Waals surface area contributed by atoms with Crippen LogP contribution in [0.15, 0.2) is 65.1 Å². The average molecular weight is 479 g/mol. The summed E-state index contributed by atoms with van der Waals surface area (Å²) in [5, 5.41) is 3.85. The van der Waals surface area contributed by atoms with Gasteiger partial charge < -0.3 is 14.8 Å². The van der Waals surface area contributed by atoms with Gasteiger partial charge in [0.15, 0.2) is 11.5 Å². The molecular formula is C23H22BrClFNO2. The first kappa shape index (κ1) is 21.6. The van der Waals surface area contributed by atoms with Gasteiger partial charge in [0.05, 0.1) is 12.1 Å². The van der Waals surface area contributed by atoms with Crippen molar-refractivity contribution in [2.45, 2.75) is 26.1 Å². The van der Waals surface area contributed by atoms with E-state index in [-0.39, 0.29) is 18.5 Å². The van der Waals surface area contributed by atoms with Crippen LogP contribution in [-0.2, 0) is 13.2 Å². The minimum atomic E-state index is -0.376. The predicted molar refractivity (Wildman–Crippen MR) is 118 cm³/mol. The lowest BCUT2D eigenvalue weighted by Crippen LogP contribution is -2.19. The first-order valence-corrected chi connectivity index (χ1v) is 10.4. The number of benzene rings is 3. The van der Waals surface area contributed by atoms with Gasteiger partial charge in [0, 0.05) is 28.2 Å². The molecule has 0 amide bonds. The molecule has 0 aliphatic carbocycles. The normalized spacial score (nSPS) is 11.9. The van der Waals surface area contributed by atoms with Gasteiger partial charge in [0.2, 0.25) is 0 Å². The highest BCUT2D eigenvalue weighted by Crippen LogP contribution is 2.37. The van der Waals surface area contributed by atoms with Crippen LogP contribution in [-0.4, -0.2) is 7.11 Å². The van der Waals surface area contributed by atoms with Crippen molar-refractivity contribution in [2.24, 2.45) is 0 Å². The highest BCUT2D eigenvalue weighted by atomic mass is 79.9. The molecule has 0 aromatic heterocycles. The van der Waals surface area contributed by atoms with Crippen molar-refractivity contribution in [3.05, 3.63) is 92.7 Å². The summed E-state index contributed by atoms with van der Waals surface area (Å²) in [6, 6.07) is 18.4. The first-order chi connectivity index (χ1) is 14.0. The van der Waals surface area contributed by atoms with Crippen molar-refractivity contribution in [1.82, 2.24) is 5.32 Å². The van der Waals surface area contributed by atoms with Gasteiger partial charge in [-0.3, -0.25) is 0 Å². The summed E-state index contributed by atoms with van der Waals surface area (Å²) in [5.74, 6) is 0.865. The molecule has 152 valence electrons. The lowest BCUT2D eigenvalue weighted by atomic mass is 10.1. The Morgan fingerprint density at radius 1 is 1.10 bits per heavy atom. The summed E-state index contributed by atoms with van der Waals surface area (Å²) in [4.78, 5) is 0. The number of ether oxygens (including phenoxy) is 2. The van der Waals surface area contributed by atoms with Crippen LogP contribution in [0.4, 0.5) is 4.39 Å². The molecule has 3 aromatic carbocycles. The van der Waals surface area contributed by atoms with E-state index in [0.29, 0.717) is 28.6 Å². The summed E-state index contributed by atoms with van der Waals surface area (Å²) < 4.78 is 25.8. The van der Waals surface area contributed by atoms with Crippen molar-refractivity contribution < 1.29 is 13.9 Å². The molecular weight excluding hydrogens is 457 g/mol. The van der Waals surface area contributed by atoms with Crippen LogP contribution in [0, 0.1) is 5.82 Å². The van der Waals surface area contributed by atoms with E-state index >= 15 is 0 Å². The average Bonchev–Trinajstić information content (AvgIpc) is 2.73. The Bertz CT molecular complexity index is 969. The van der Waals surface area contributed by atoms with Crippen LogP contribution in [0.2, 0.25) is 5.02 Å². The van der Waals surface area contributed by atoms with E-state index in [4.69, 9.17) is 21.1 Å². The fourth-order valence-electron chi connectivity index (χ4n) is 2.97. The topological polar surface area (TPSA) is 30.5 Å². The number of halogens is 3. The molecule has 0 saturated carbocycles. The molecule has 6 heteroatoms. The van der Waals surface area contributed by atoms with Crippen molar-refractivity contribution in [1.29, 1.82) is 0 Å². The molecule has 0 saturated heterocycles. The molecule has 3 rings (SSSR count). The van der Waals surface area contributed by atoms with Crippen LogP contribution in [0.1, 0.15) is 29.7 Å². The third-order valence-electron chi connectivity index (χ3n) is 4.66. The Morgan fingerprint density at radius 2 is 1.86 bits per heavy atom.